The zero-order valence-corrected chi connectivity index (χ0v) is 8.30. The second-order valence-electron chi connectivity index (χ2n) is 2.71. The molecule has 0 bridgehead atoms. The largest absolute Gasteiger partial charge is 0.496 e. The van der Waals surface area contributed by atoms with E-state index in [1.165, 1.54) is 0 Å². The van der Waals surface area contributed by atoms with E-state index in [-0.39, 0.29) is 5.84 Å². The van der Waals surface area contributed by atoms with E-state index in [2.05, 4.69) is 9.12 Å². The smallest absolute Gasteiger partial charge is 0.245 e. The minimum atomic E-state index is -1.48. The number of anilines is 1. The summed E-state index contributed by atoms with van der Waals surface area (Å²) in [6.07, 6.45) is 0. The van der Waals surface area contributed by atoms with Gasteiger partial charge >= 0.3 is 0 Å². The summed E-state index contributed by atoms with van der Waals surface area (Å²) in [7, 11) is 1.55. The van der Waals surface area contributed by atoms with Crippen molar-refractivity contribution in [1.29, 1.82) is 0 Å². The predicted octanol–water partition coefficient (Wildman–Crippen LogP) is 0.405. The van der Waals surface area contributed by atoms with Crippen LogP contribution in [0.1, 0.15) is 5.56 Å². The molecule has 74 valence electrons. The molecule has 0 saturated carbocycles. The van der Waals surface area contributed by atoms with Crippen molar-refractivity contribution in [2.45, 2.75) is 0 Å². The second kappa shape index (κ2) is 3.30. The molecule has 5 nitrogen and oxygen atoms in total. The Morgan fingerprint density at radius 2 is 2.36 bits per heavy atom. The van der Waals surface area contributed by atoms with Crippen LogP contribution >= 0.6 is 0 Å². The Labute approximate surface area is 83.7 Å². The topological polar surface area (TPSA) is 76.7 Å². The summed E-state index contributed by atoms with van der Waals surface area (Å²) < 4.78 is 22.6. The van der Waals surface area contributed by atoms with Gasteiger partial charge in [-0.3, -0.25) is 4.72 Å². The molecule has 1 heterocycles. The van der Waals surface area contributed by atoms with Crippen LogP contribution in [0.25, 0.3) is 0 Å². The second-order valence-corrected chi connectivity index (χ2v) is 3.60. The first-order valence-electron chi connectivity index (χ1n) is 3.92. The fourth-order valence-corrected chi connectivity index (χ4v) is 1.98. The lowest BCUT2D eigenvalue weighted by Crippen LogP contribution is -2.23. The van der Waals surface area contributed by atoms with Crippen molar-refractivity contribution in [1.82, 2.24) is 0 Å². The van der Waals surface area contributed by atoms with E-state index < -0.39 is 11.2 Å². The fourth-order valence-electron chi connectivity index (χ4n) is 1.30. The summed E-state index contributed by atoms with van der Waals surface area (Å²) in [5.74, 6) is 0.850. The molecule has 6 heteroatoms. The van der Waals surface area contributed by atoms with Crippen LogP contribution in [-0.2, 0) is 11.2 Å². The number of hydrogen-bond acceptors (Lipinski definition) is 3. The van der Waals surface area contributed by atoms with Gasteiger partial charge in [-0.25, -0.2) is 4.21 Å². The number of ether oxygens (including phenoxy) is 1. The van der Waals surface area contributed by atoms with Crippen LogP contribution in [0.5, 0.6) is 5.75 Å². The van der Waals surface area contributed by atoms with Crippen LogP contribution in [0.3, 0.4) is 0 Å². The predicted molar refractivity (Wildman–Crippen MR) is 55.5 cm³/mol. The number of nitrogens with zero attached hydrogens (tertiary/aromatic N) is 1. The Bertz CT molecular complexity index is 431. The average Bonchev–Trinajstić information content (AvgIpc) is 2.16. The Hall–Kier alpha value is -1.56. The first kappa shape index (κ1) is 9.01. The summed E-state index contributed by atoms with van der Waals surface area (Å²) >= 11 is -1.48. The molecule has 0 spiro atoms. The van der Waals surface area contributed by atoms with E-state index in [0.29, 0.717) is 17.0 Å². The zero-order chi connectivity index (χ0) is 10.1. The van der Waals surface area contributed by atoms with Gasteiger partial charge in [0, 0.05) is 0 Å². The first-order valence-corrected chi connectivity index (χ1v) is 5.03. The van der Waals surface area contributed by atoms with Gasteiger partial charge in [0.1, 0.15) is 11.6 Å². The average molecular weight is 211 g/mol. The highest BCUT2D eigenvalue weighted by molar-refractivity contribution is 7.85. The monoisotopic (exact) mass is 211 g/mol. The third kappa shape index (κ3) is 1.33. The van der Waals surface area contributed by atoms with Crippen molar-refractivity contribution in [2.24, 2.45) is 10.1 Å². The van der Waals surface area contributed by atoms with Gasteiger partial charge < -0.3 is 10.5 Å². The molecule has 1 unspecified atom stereocenters. The molecule has 1 atom stereocenters. The quantitative estimate of drug-likeness (QED) is 0.706. The third-order valence-corrected chi connectivity index (χ3v) is 2.64. The Morgan fingerprint density at radius 3 is 3.07 bits per heavy atom. The molecule has 1 aliphatic heterocycles. The number of amidine groups is 1. The van der Waals surface area contributed by atoms with Gasteiger partial charge in [0.15, 0.2) is 0 Å². The van der Waals surface area contributed by atoms with Crippen LogP contribution in [-0.4, -0.2) is 17.2 Å². The van der Waals surface area contributed by atoms with Gasteiger partial charge in [0.05, 0.1) is 18.4 Å². The van der Waals surface area contributed by atoms with E-state index in [1.807, 2.05) is 0 Å². The lowest BCUT2D eigenvalue weighted by Gasteiger charge is -2.16. The van der Waals surface area contributed by atoms with Crippen molar-refractivity contribution in [3.05, 3.63) is 23.8 Å². The highest BCUT2D eigenvalue weighted by Crippen LogP contribution is 2.28. The van der Waals surface area contributed by atoms with Crippen LogP contribution in [0, 0.1) is 0 Å². The Morgan fingerprint density at radius 1 is 1.57 bits per heavy atom. The number of benzene rings is 1. The maximum atomic E-state index is 11.1. The van der Waals surface area contributed by atoms with Crippen molar-refractivity contribution in [2.75, 3.05) is 11.8 Å². The molecule has 1 aliphatic rings. The maximum Gasteiger partial charge on any atom is 0.245 e. The minimum absolute atomic E-state index is 0.231. The number of hydrogen-bond donors (Lipinski definition) is 2. The molecule has 3 N–H and O–H groups in total. The Balaban J connectivity index is 2.63. The molecular formula is C8H9N3O2S. The number of nitrogens with one attached hydrogen (secondary N) is 1. The molecule has 0 amide bonds. The minimum Gasteiger partial charge on any atom is -0.496 e. The van der Waals surface area contributed by atoms with Crippen molar-refractivity contribution in [3.63, 3.8) is 0 Å². The normalized spacial score (nSPS) is 19.2. The van der Waals surface area contributed by atoms with Gasteiger partial charge in [-0.2, -0.15) is 4.40 Å². The van der Waals surface area contributed by atoms with E-state index in [0.717, 1.165) is 0 Å². The SMILES string of the molecule is COc1cccc2c1C(N)=NS(=O)N2. The molecule has 2 rings (SSSR count). The summed E-state index contributed by atoms with van der Waals surface area (Å²) in [4.78, 5) is 0. The lowest BCUT2D eigenvalue weighted by atomic mass is 10.1. The van der Waals surface area contributed by atoms with Crippen LogP contribution < -0.4 is 15.2 Å². The van der Waals surface area contributed by atoms with Gasteiger partial charge in [-0.15, -0.1) is 0 Å². The van der Waals surface area contributed by atoms with E-state index in [9.17, 15) is 4.21 Å². The van der Waals surface area contributed by atoms with E-state index in [4.69, 9.17) is 10.5 Å². The standard InChI is InChI=1S/C8H9N3O2S/c1-13-6-4-2-3-5-7(6)8(9)11-14(12)10-5/h2-4,10H,1H3,(H2,9,11). The van der Waals surface area contributed by atoms with Crippen LogP contribution in [0.15, 0.2) is 22.6 Å². The molecule has 0 fully saturated rings. The molecule has 1 aromatic rings. The van der Waals surface area contributed by atoms with Gasteiger partial charge in [0.25, 0.3) is 0 Å². The van der Waals surface area contributed by atoms with Gasteiger partial charge in [-0.1, -0.05) is 6.07 Å². The summed E-state index contributed by atoms with van der Waals surface area (Å²) in [5, 5.41) is 0. The fraction of sp³-hybridized carbons (Fsp3) is 0.125. The highest BCUT2D eigenvalue weighted by Gasteiger charge is 2.19. The molecular weight excluding hydrogens is 202 g/mol. The lowest BCUT2D eigenvalue weighted by molar-refractivity contribution is 0.414. The first-order chi connectivity index (χ1) is 6.72. The van der Waals surface area contributed by atoms with E-state index >= 15 is 0 Å². The number of fused-ring (bicyclic) bond motifs is 1. The van der Waals surface area contributed by atoms with E-state index in [1.54, 1.807) is 25.3 Å². The van der Waals surface area contributed by atoms with Gasteiger partial charge in [-0.05, 0) is 12.1 Å². The third-order valence-electron chi connectivity index (χ3n) is 1.88. The highest BCUT2D eigenvalue weighted by atomic mass is 32.2. The van der Waals surface area contributed by atoms with Crippen molar-refractivity contribution in [3.8, 4) is 5.75 Å². The van der Waals surface area contributed by atoms with Crippen molar-refractivity contribution < 1.29 is 8.95 Å². The van der Waals surface area contributed by atoms with Crippen LogP contribution in [0.4, 0.5) is 5.69 Å². The molecule has 0 saturated heterocycles. The number of methoxy groups -OCH3 is 1. The summed E-state index contributed by atoms with van der Waals surface area (Å²) in [5.41, 5.74) is 6.99. The van der Waals surface area contributed by atoms with Crippen LogP contribution in [0.2, 0.25) is 0 Å². The molecule has 0 radical (unpaired) electrons. The maximum absolute atomic E-state index is 11.1. The van der Waals surface area contributed by atoms with Crippen molar-refractivity contribution >= 4 is 22.7 Å². The molecule has 0 aromatic heterocycles. The number of nitrogens with two attached hydrogens (primary N) is 1. The van der Waals surface area contributed by atoms with Gasteiger partial charge in [0.2, 0.25) is 11.2 Å². The molecule has 14 heavy (non-hydrogen) atoms. The molecule has 0 aliphatic carbocycles. The summed E-state index contributed by atoms with van der Waals surface area (Å²) in [6, 6.07) is 5.34. The summed E-state index contributed by atoms with van der Waals surface area (Å²) in [6.45, 7) is 0. The Kier molecular flexibility index (Phi) is 2.12. The zero-order valence-electron chi connectivity index (χ0n) is 7.48. The molecule has 1 aromatic carbocycles. The number of rotatable bonds is 1.